The zero-order valence-electron chi connectivity index (χ0n) is 11.2. The van der Waals surface area contributed by atoms with E-state index in [2.05, 4.69) is 0 Å². The van der Waals surface area contributed by atoms with Gasteiger partial charge in [0, 0.05) is 34.0 Å². The van der Waals surface area contributed by atoms with Crippen LogP contribution in [0.3, 0.4) is 0 Å². The third-order valence-corrected chi connectivity index (χ3v) is 4.47. The molecule has 2 N–H and O–H groups in total. The molecule has 0 atom stereocenters. The van der Waals surface area contributed by atoms with Gasteiger partial charge in [-0.2, -0.15) is 0 Å². The number of benzene rings is 2. The maximum Gasteiger partial charge on any atom is 0.270 e. The van der Waals surface area contributed by atoms with Gasteiger partial charge in [0.25, 0.3) is 5.69 Å². The number of rotatable bonds is 5. The number of thioether (sulfide) groups is 1. The topological polar surface area (TPSA) is 78.4 Å². The van der Waals surface area contributed by atoms with Gasteiger partial charge < -0.3 is 10.5 Å². The second kappa shape index (κ2) is 6.69. The SMILES string of the molecule is COc1ccc([N+](=O)[O-])cc1CSc1c(N)cccc1Cl. The van der Waals surface area contributed by atoms with Crippen LogP contribution in [0.5, 0.6) is 5.75 Å². The maximum atomic E-state index is 10.9. The molecule has 7 heteroatoms. The lowest BCUT2D eigenvalue weighted by atomic mass is 10.2. The Balaban J connectivity index is 2.26. The first-order valence-electron chi connectivity index (χ1n) is 6.01. The summed E-state index contributed by atoms with van der Waals surface area (Å²) in [7, 11) is 1.53. The van der Waals surface area contributed by atoms with Crippen molar-refractivity contribution in [1.29, 1.82) is 0 Å². The van der Waals surface area contributed by atoms with Crippen LogP contribution in [0.1, 0.15) is 5.56 Å². The van der Waals surface area contributed by atoms with Crippen molar-refractivity contribution in [2.45, 2.75) is 10.6 Å². The fraction of sp³-hybridized carbons (Fsp3) is 0.143. The number of nitrogen functional groups attached to an aromatic ring is 1. The summed E-state index contributed by atoms with van der Waals surface area (Å²) in [5, 5.41) is 11.4. The molecule has 0 fully saturated rings. The lowest BCUT2D eigenvalue weighted by molar-refractivity contribution is -0.384. The summed E-state index contributed by atoms with van der Waals surface area (Å²) in [6, 6.07) is 9.79. The van der Waals surface area contributed by atoms with Crippen molar-refractivity contribution in [3.63, 3.8) is 0 Å². The molecule has 21 heavy (non-hydrogen) atoms. The Morgan fingerprint density at radius 2 is 2.14 bits per heavy atom. The Bertz CT molecular complexity index is 659. The predicted octanol–water partition coefficient (Wildman–Crippen LogP) is 4.13. The molecule has 0 aliphatic carbocycles. The van der Waals surface area contributed by atoms with E-state index in [0.29, 0.717) is 22.2 Å². The molecule has 0 aromatic heterocycles. The molecule has 0 aliphatic heterocycles. The Morgan fingerprint density at radius 1 is 1.38 bits per heavy atom. The van der Waals surface area contributed by atoms with Crippen molar-refractivity contribution in [1.82, 2.24) is 0 Å². The quantitative estimate of drug-likeness (QED) is 0.387. The van der Waals surface area contributed by atoms with Gasteiger partial charge in [0.2, 0.25) is 0 Å². The van der Waals surface area contributed by atoms with Crippen LogP contribution in [0, 0.1) is 10.1 Å². The lowest BCUT2D eigenvalue weighted by Crippen LogP contribution is -1.95. The standard InChI is InChI=1S/C14H13ClN2O3S/c1-20-13-6-5-10(17(18)19)7-9(13)8-21-14-11(15)3-2-4-12(14)16/h2-7H,8,16H2,1H3. The van der Waals surface area contributed by atoms with Gasteiger partial charge in [-0.3, -0.25) is 10.1 Å². The third-order valence-electron chi connectivity index (χ3n) is 2.84. The van der Waals surface area contributed by atoms with Crippen LogP contribution in [-0.2, 0) is 5.75 Å². The van der Waals surface area contributed by atoms with E-state index < -0.39 is 4.92 Å². The summed E-state index contributed by atoms with van der Waals surface area (Å²) >= 11 is 7.53. The minimum Gasteiger partial charge on any atom is -0.496 e. The van der Waals surface area contributed by atoms with E-state index in [0.717, 1.165) is 10.5 Å². The van der Waals surface area contributed by atoms with Gasteiger partial charge in [-0.1, -0.05) is 17.7 Å². The first-order valence-corrected chi connectivity index (χ1v) is 7.37. The van der Waals surface area contributed by atoms with Crippen LogP contribution >= 0.6 is 23.4 Å². The Kier molecular flexibility index (Phi) is 4.93. The minimum atomic E-state index is -0.433. The molecule has 0 saturated heterocycles. The van der Waals surface area contributed by atoms with Crippen molar-refractivity contribution in [3.05, 3.63) is 57.1 Å². The molecule has 0 radical (unpaired) electrons. The number of methoxy groups -OCH3 is 1. The summed E-state index contributed by atoms with van der Waals surface area (Å²) in [4.78, 5) is 11.2. The highest BCUT2D eigenvalue weighted by molar-refractivity contribution is 7.98. The molecule has 0 aliphatic rings. The van der Waals surface area contributed by atoms with E-state index in [1.54, 1.807) is 24.3 Å². The fourth-order valence-electron chi connectivity index (χ4n) is 1.82. The average molecular weight is 325 g/mol. The second-order valence-electron chi connectivity index (χ2n) is 4.20. The van der Waals surface area contributed by atoms with Crippen molar-refractivity contribution in [3.8, 4) is 5.75 Å². The molecule has 0 heterocycles. The second-order valence-corrected chi connectivity index (χ2v) is 5.59. The summed E-state index contributed by atoms with van der Waals surface area (Å²) in [5.74, 6) is 1.07. The summed E-state index contributed by atoms with van der Waals surface area (Å²) in [5.41, 5.74) is 7.21. The van der Waals surface area contributed by atoms with E-state index in [9.17, 15) is 10.1 Å². The maximum absolute atomic E-state index is 10.9. The molecule has 0 amide bonds. The summed E-state index contributed by atoms with van der Waals surface area (Å²) in [6.45, 7) is 0. The Labute approximate surface area is 131 Å². The number of non-ortho nitro benzene ring substituents is 1. The zero-order valence-corrected chi connectivity index (χ0v) is 12.8. The van der Waals surface area contributed by atoms with Crippen molar-refractivity contribution in [2.75, 3.05) is 12.8 Å². The highest BCUT2D eigenvalue weighted by Gasteiger charge is 2.13. The van der Waals surface area contributed by atoms with Gasteiger partial charge in [-0.05, 0) is 18.2 Å². The number of hydrogen-bond donors (Lipinski definition) is 1. The van der Waals surface area contributed by atoms with Crippen LogP contribution in [0.2, 0.25) is 5.02 Å². The van der Waals surface area contributed by atoms with Gasteiger partial charge in [-0.25, -0.2) is 0 Å². The molecular formula is C14H13ClN2O3S. The molecule has 0 saturated carbocycles. The molecule has 2 rings (SSSR count). The third kappa shape index (κ3) is 3.59. The number of nitrogens with two attached hydrogens (primary N) is 1. The van der Waals surface area contributed by atoms with E-state index in [-0.39, 0.29) is 5.69 Å². The number of nitro benzene ring substituents is 1. The first-order chi connectivity index (χ1) is 10.0. The number of nitro groups is 1. The number of nitrogens with zero attached hydrogens (tertiary/aromatic N) is 1. The lowest BCUT2D eigenvalue weighted by Gasteiger charge is -2.10. The average Bonchev–Trinajstić information content (AvgIpc) is 2.46. The van der Waals surface area contributed by atoms with Crippen molar-refractivity contribution in [2.24, 2.45) is 0 Å². The van der Waals surface area contributed by atoms with Crippen molar-refractivity contribution < 1.29 is 9.66 Å². The number of halogens is 1. The Hall–Kier alpha value is -1.92. The van der Waals surface area contributed by atoms with Crippen molar-refractivity contribution >= 4 is 34.7 Å². The molecule has 0 spiro atoms. The predicted molar refractivity (Wildman–Crippen MR) is 85.1 cm³/mol. The highest BCUT2D eigenvalue weighted by Crippen LogP contribution is 2.37. The molecule has 0 bridgehead atoms. The van der Waals surface area contributed by atoms with Gasteiger partial charge in [0.1, 0.15) is 5.75 Å². The number of anilines is 1. The summed E-state index contributed by atoms with van der Waals surface area (Å²) in [6.07, 6.45) is 0. The fourth-order valence-corrected chi connectivity index (χ4v) is 3.13. The zero-order chi connectivity index (χ0) is 15.4. The first kappa shape index (κ1) is 15.5. The largest absolute Gasteiger partial charge is 0.496 e. The number of hydrogen-bond acceptors (Lipinski definition) is 5. The molecule has 110 valence electrons. The molecule has 2 aromatic carbocycles. The van der Waals surface area contributed by atoms with Crippen LogP contribution < -0.4 is 10.5 Å². The molecule has 0 unspecified atom stereocenters. The normalized spacial score (nSPS) is 10.4. The number of ether oxygens (including phenoxy) is 1. The van der Waals surface area contributed by atoms with Gasteiger partial charge in [0.15, 0.2) is 0 Å². The van der Waals surface area contributed by atoms with E-state index in [1.165, 1.54) is 31.0 Å². The highest BCUT2D eigenvalue weighted by atomic mass is 35.5. The molecular weight excluding hydrogens is 312 g/mol. The summed E-state index contributed by atoms with van der Waals surface area (Å²) < 4.78 is 5.23. The molecule has 5 nitrogen and oxygen atoms in total. The Morgan fingerprint density at radius 3 is 2.76 bits per heavy atom. The monoisotopic (exact) mass is 324 g/mol. The van der Waals surface area contributed by atoms with Crippen LogP contribution in [0.15, 0.2) is 41.3 Å². The van der Waals surface area contributed by atoms with Gasteiger partial charge >= 0.3 is 0 Å². The van der Waals surface area contributed by atoms with E-state index >= 15 is 0 Å². The van der Waals surface area contributed by atoms with Crippen LogP contribution in [-0.4, -0.2) is 12.0 Å². The van der Waals surface area contributed by atoms with Gasteiger partial charge in [0.05, 0.1) is 17.1 Å². The smallest absolute Gasteiger partial charge is 0.270 e. The van der Waals surface area contributed by atoms with Gasteiger partial charge in [-0.15, -0.1) is 11.8 Å². The van der Waals surface area contributed by atoms with E-state index in [4.69, 9.17) is 22.1 Å². The molecule has 2 aromatic rings. The van der Waals surface area contributed by atoms with E-state index in [1.807, 2.05) is 0 Å². The minimum absolute atomic E-state index is 0.0264. The van der Waals surface area contributed by atoms with Crippen LogP contribution in [0.4, 0.5) is 11.4 Å². The van der Waals surface area contributed by atoms with Crippen LogP contribution in [0.25, 0.3) is 0 Å².